The molecule has 18 heavy (non-hydrogen) atoms. The van der Waals surface area contributed by atoms with Gasteiger partial charge in [-0.25, -0.2) is 9.37 Å². The van der Waals surface area contributed by atoms with Crippen LogP contribution in [0.1, 0.15) is 11.7 Å². The van der Waals surface area contributed by atoms with Gasteiger partial charge in [0.1, 0.15) is 5.82 Å². The molecule has 0 fully saturated rings. The summed E-state index contributed by atoms with van der Waals surface area (Å²) in [5.41, 5.74) is 0.771. The molecule has 1 aromatic carbocycles. The highest BCUT2D eigenvalue weighted by Crippen LogP contribution is 2.26. The summed E-state index contributed by atoms with van der Waals surface area (Å²) >= 11 is 1.39. The van der Waals surface area contributed by atoms with Gasteiger partial charge in [0.25, 0.3) is 0 Å². The Balaban J connectivity index is 1.78. The van der Waals surface area contributed by atoms with Crippen LogP contribution < -0.4 is 5.32 Å². The maximum absolute atomic E-state index is 13.0. The van der Waals surface area contributed by atoms with Gasteiger partial charge in [-0.2, -0.15) is 4.98 Å². The van der Waals surface area contributed by atoms with Crippen LogP contribution >= 0.6 is 11.3 Å². The van der Waals surface area contributed by atoms with Gasteiger partial charge in [-0.05, 0) is 18.2 Å². The zero-order valence-corrected chi connectivity index (χ0v) is 10.3. The van der Waals surface area contributed by atoms with Crippen LogP contribution in [0.2, 0.25) is 0 Å². The van der Waals surface area contributed by atoms with Crippen molar-refractivity contribution in [2.75, 3.05) is 5.32 Å². The second-order valence-electron chi connectivity index (χ2n) is 3.71. The fourth-order valence-electron chi connectivity index (χ4n) is 1.54. The predicted molar refractivity (Wildman–Crippen MR) is 65.9 cm³/mol. The SMILES string of the molecule is Cc1nc(CNc2nc3ccc(F)cc3s2)no1. The molecule has 0 aliphatic rings. The molecule has 2 heterocycles. The first-order chi connectivity index (χ1) is 8.70. The second kappa shape index (κ2) is 4.34. The van der Waals surface area contributed by atoms with E-state index in [1.165, 1.54) is 23.5 Å². The van der Waals surface area contributed by atoms with Gasteiger partial charge >= 0.3 is 0 Å². The van der Waals surface area contributed by atoms with E-state index in [-0.39, 0.29) is 5.82 Å². The van der Waals surface area contributed by atoms with Crippen molar-refractivity contribution in [1.82, 2.24) is 15.1 Å². The van der Waals surface area contributed by atoms with Gasteiger partial charge in [-0.3, -0.25) is 0 Å². The molecular formula is C11H9FN4OS. The predicted octanol–water partition coefficient (Wildman–Crippen LogP) is 2.74. The molecule has 0 unspecified atom stereocenters. The Kier molecular flexibility index (Phi) is 2.67. The number of benzene rings is 1. The van der Waals surface area contributed by atoms with Crippen LogP contribution in [-0.4, -0.2) is 15.1 Å². The highest BCUT2D eigenvalue weighted by atomic mass is 32.1. The van der Waals surface area contributed by atoms with Crippen LogP contribution in [0.25, 0.3) is 10.2 Å². The normalized spacial score (nSPS) is 11.0. The third-order valence-corrected chi connectivity index (χ3v) is 3.29. The van der Waals surface area contributed by atoms with Gasteiger partial charge in [0, 0.05) is 6.92 Å². The second-order valence-corrected chi connectivity index (χ2v) is 4.74. The number of thiazole rings is 1. The fourth-order valence-corrected chi connectivity index (χ4v) is 2.43. The number of fused-ring (bicyclic) bond motifs is 1. The van der Waals surface area contributed by atoms with Gasteiger partial charge in [-0.1, -0.05) is 16.5 Å². The minimum atomic E-state index is -0.258. The van der Waals surface area contributed by atoms with E-state index in [0.717, 1.165) is 10.2 Å². The molecule has 1 N–H and O–H groups in total. The summed E-state index contributed by atoms with van der Waals surface area (Å²) in [5.74, 6) is 0.836. The molecule has 0 saturated carbocycles. The number of nitrogens with one attached hydrogen (secondary N) is 1. The van der Waals surface area contributed by atoms with Crippen LogP contribution in [0, 0.1) is 12.7 Å². The first-order valence-corrected chi connectivity index (χ1v) is 6.11. The van der Waals surface area contributed by atoms with E-state index in [9.17, 15) is 4.39 Å². The summed E-state index contributed by atoms with van der Waals surface area (Å²) in [6.45, 7) is 2.16. The average molecular weight is 264 g/mol. The molecule has 92 valence electrons. The van der Waals surface area contributed by atoms with Crippen molar-refractivity contribution < 1.29 is 8.91 Å². The maximum atomic E-state index is 13.0. The largest absolute Gasteiger partial charge is 0.354 e. The molecule has 0 aliphatic heterocycles. The molecule has 3 rings (SSSR count). The molecule has 0 amide bonds. The Morgan fingerprint density at radius 2 is 2.28 bits per heavy atom. The standard InChI is InChI=1S/C11H9FN4OS/c1-6-14-10(16-17-6)5-13-11-15-8-3-2-7(12)4-9(8)18-11/h2-4H,5H2,1H3,(H,13,15). The smallest absolute Gasteiger partial charge is 0.223 e. The van der Waals surface area contributed by atoms with Crippen LogP contribution in [0.3, 0.4) is 0 Å². The van der Waals surface area contributed by atoms with Gasteiger partial charge < -0.3 is 9.84 Å². The van der Waals surface area contributed by atoms with Crippen LogP contribution in [0.15, 0.2) is 22.7 Å². The van der Waals surface area contributed by atoms with Gasteiger partial charge in [0.05, 0.1) is 16.8 Å². The van der Waals surface area contributed by atoms with Crippen molar-refractivity contribution >= 4 is 26.7 Å². The fraction of sp³-hybridized carbons (Fsp3) is 0.182. The Hall–Kier alpha value is -2.02. The van der Waals surface area contributed by atoms with Gasteiger partial charge in [-0.15, -0.1) is 0 Å². The first-order valence-electron chi connectivity index (χ1n) is 5.30. The molecule has 5 nitrogen and oxygen atoms in total. The summed E-state index contributed by atoms with van der Waals surface area (Å²) in [5, 5.41) is 7.56. The number of hydrogen-bond acceptors (Lipinski definition) is 6. The third kappa shape index (κ3) is 2.17. The minimum Gasteiger partial charge on any atom is -0.354 e. The molecule has 3 aromatic rings. The van der Waals surface area contributed by atoms with Crippen molar-refractivity contribution in [1.29, 1.82) is 0 Å². The summed E-state index contributed by atoms with van der Waals surface area (Å²) in [6, 6.07) is 4.52. The molecule has 0 atom stereocenters. The highest BCUT2D eigenvalue weighted by molar-refractivity contribution is 7.22. The molecule has 0 saturated heterocycles. The third-order valence-electron chi connectivity index (χ3n) is 2.32. The lowest BCUT2D eigenvalue weighted by atomic mass is 10.3. The lowest BCUT2D eigenvalue weighted by molar-refractivity contribution is 0.388. The van der Waals surface area contributed by atoms with Crippen molar-refractivity contribution in [2.45, 2.75) is 13.5 Å². The number of anilines is 1. The molecule has 0 aliphatic carbocycles. The molecule has 7 heteroatoms. The van der Waals surface area contributed by atoms with Crippen LogP contribution in [-0.2, 0) is 6.54 Å². The Labute approximate surface area is 106 Å². The van der Waals surface area contributed by atoms with Crippen molar-refractivity contribution in [3.63, 3.8) is 0 Å². The van der Waals surface area contributed by atoms with Crippen molar-refractivity contribution in [3.8, 4) is 0 Å². The van der Waals surface area contributed by atoms with E-state index in [1.54, 1.807) is 13.0 Å². The number of nitrogens with zero attached hydrogens (tertiary/aromatic N) is 3. The minimum absolute atomic E-state index is 0.258. The summed E-state index contributed by atoms with van der Waals surface area (Å²) < 4.78 is 18.7. The van der Waals surface area contributed by atoms with Gasteiger partial charge in [0.2, 0.25) is 5.89 Å². The lowest BCUT2D eigenvalue weighted by Crippen LogP contribution is -2.00. The van der Waals surface area contributed by atoms with E-state index in [1.807, 2.05) is 0 Å². The molecule has 2 aromatic heterocycles. The van der Waals surface area contributed by atoms with E-state index in [0.29, 0.717) is 23.4 Å². The topological polar surface area (TPSA) is 63.8 Å². The Morgan fingerprint density at radius 3 is 3.06 bits per heavy atom. The molecular weight excluding hydrogens is 255 g/mol. The van der Waals surface area contributed by atoms with E-state index in [4.69, 9.17) is 4.52 Å². The number of aromatic nitrogens is 3. The maximum Gasteiger partial charge on any atom is 0.223 e. The van der Waals surface area contributed by atoms with Crippen molar-refractivity contribution in [3.05, 3.63) is 35.7 Å². The molecule has 0 bridgehead atoms. The van der Waals surface area contributed by atoms with E-state index < -0.39 is 0 Å². The quantitative estimate of drug-likeness (QED) is 0.788. The highest BCUT2D eigenvalue weighted by Gasteiger charge is 2.06. The number of aryl methyl sites for hydroxylation is 1. The average Bonchev–Trinajstić information content (AvgIpc) is 2.92. The van der Waals surface area contributed by atoms with Crippen LogP contribution in [0.5, 0.6) is 0 Å². The number of halogens is 1. The molecule has 0 spiro atoms. The molecule has 0 radical (unpaired) electrons. The van der Waals surface area contributed by atoms with Crippen molar-refractivity contribution in [2.24, 2.45) is 0 Å². The summed E-state index contributed by atoms with van der Waals surface area (Å²) in [7, 11) is 0. The Morgan fingerprint density at radius 1 is 1.39 bits per heavy atom. The zero-order valence-electron chi connectivity index (χ0n) is 9.48. The van der Waals surface area contributed by atoms with E-state index in [2.05, 4.69) is 20.4 Å². The zero-order chi connectivity index (χ0) is 12.5. The summed E-state index contributed by atoms with van der Waals surface area (Å²) in [4.78, 5) is 8.40. The number of rotatable bonds is 3. The van der Waals surface area contributed by atoms with Gasteiger partial charge in [0.15, 0.2) is 11.0 Å². The lowest BCUT2D eigenvalue weighted by Gasteiger charge is -1.95. The monoisotopic (exact) mass is 264 g/mol. The first kappa shape index (κ1) is 11.1. The summed E-state index contributed by atoms with van der Waals surface area (Å²) in [6.07, 6.45) is 0. The number of hydrogen-bond donors (Lipinski definition) is 1. The Bertz CT molecular complexity index is 693. The van der Waals surface area contributed by atoms with E-state index >= 15 is 0 Å². The van der Waals surface area contributed by atoms with Crippen LogP contribution in [0.4, 0.5) is 9.52 Å².